The molecule has 0 bridgehead atoms. The Labute approximate surface area is 99.1 Å². The van der Waals surface area contributed by atoms with E-state index in [1.807, 2.05) is 0 Å². The van der Waals surface area contributed by atoms with Crippen LogP contribution < -0.4 is 0 Å². The SMILES string of the molecule is [CH2-]CC(=[C-]CCCC)CCCC.[Ti+2]. The van der Waals surface area contributed by atoms with Crippen LogP contribution in [-0.4, -0.2) is 0 Å². The summed E-state index contributed by atoms with van der Waals surface area (Å²) in [6.45, 7) is 8.37. The fourth-order valence-corrected chi connectivity index (χ4v) is 1.13. The largest absolute Gasteiger partial charge is 2.00 e. The van der Waals surface area contributed by atoms with Gasteiger partial charge >= 0.3 is 21.7 Å². The zero-order valence-corrected chi connectivity index (χ0v) is 10.7. The second kappa shape index (κ2) is 12.5. The summed E-state index contributed by atoms with van der Waals surface area (Å²) in [5.74, 6) is 0. The van der Waals surface area contributed by atoms with Crippen LogP contribution in [0.5, 0.6) is 0 Å². The van der Waals surface area contributed by atoms with Gasteiger partial charge in [-0.15, -0.1) is 0 Å². The molecule has 0 radical (unpaired) electrons. The second-order valence-electron chi connectivity index (χ2n) is 3.24. The number of rotatable bonds is 7. The maximum absolute atomic E-state index is 3.92. The minimum Gasteiger partial charge on any atom is -0.500 e. The molecule has 0 aromatic heterocycles. The molecular weight excluding hydrogens is 192 g/mol. The smallest absolute Gasteiger partial charge is 0.500 e. The molecule has 0 rings (SSSR count). The Hall–Kier alpha value is 0.454. The van der Waals surface area contributed by atoms with Gasteiger partial charge in [0.05, 0.1) is 0 Å². The molecule has 0 atom stereocenters. The normalized spacial score (nSPS) is 11.2. The third kappa shape index (κ3) is 10.4. The summed E-state index contributed by atoms with van der Waals surface area (Å²) in [7, 11) is 0. The van der Waals surface area contributed by atoms with Gasteiger partial charge in [0, 0.05) is 0 Å². The maximum Gasteiger partial charge on any atom is 2.00 e. The van der Waals surface area contributed by atoms with Crippen molar-refractivity contribution in [2.45, 2.75) is 58.8 Å². The molecule has 0 aliphatic rings. The van der Waals surface area contributed by atoms with Gasteiger partial charge in [-0.2, -0.15) is 12.8 Å². The Kier molecular flexibility index (Phi) is 15.2. The van der Waals surface area contributed by atoms with E-state index in [1.54, 1.807) is 0 Å². The molecule has 0 saturated carbocycles. The Balaban J connectivity index is 0. The average molecular weight is 214 g/mol. The first-order chi connectivity index (χ1) is 5.85. The molecular formula is C12H22Ti. The van der Waals surface area contributed by atoms with Crippen molar-refractivity contribution < 1.29 is 21.7 Å². The summed E-state index contributed by atoms with van der Waals surface area (Å²) in [6.07, 6.45) is 11.9. The Bertz CT molecular complexity index is 116. The summed E-state index contributed by atoms with van der Waals surface area (Å²) in [4.78, 5) is 0. The summed E-state index contributed by atoms with van der Waals surface area (Å²) < 4.78 is 0. The zero-order valence-electron chi connectivity index (χ0n) is 9.16. The molecule has 0 fully saturated rings. The molecule has 0 amide bonds. The van der Waals surface area contributed by atoms with Gasteiger partial charge < -0.3 is 13.0 Å². The van der Waals surface area contributed by atoms with Gasteiger partial charge in [0.25, 0.3) is 0 Å². The molecule has 0 heterocycles. The number of unbranched alkanes of at least 4 members (excludes halogenated alkanes) is 3. The molecule has 0 nitrogen and oxygen atoms in total. The zero-order chi connectivity index (χ0) is 9.23. The standard InChI is InChI=1S/C12H22.Ti/c1-4-7-9-11-12(6-3)10-8-5-2;/h3-10H2,1-2H3;/q-2;+2. The van der Waals surface area contributed by atoms with Crippen LogP contribution in [0.25, 0.3) is 0 Å². The van der Waals surface area contributed by atoms with Gasteiger partial charge in [0.1, 0.15) is 0 Å². The van der Waals surface area contributed by atoms with Crippen molar-refractivity contribution >= 4 is 0 Å². The van der Waals surface area contributed by atoms with Crippen LogP contribution in [0.15, 0.2) is 5.57 Å². The quantitative estimate of drug-likeness (QED) is 0.336. The molecule has 0 saturated heterocycles. The van der Waals surface area contributed by atoms with Crippen molar-refractivity contribution in [3.63, 3.8) is 0 Å². The van der Waals surface area contributed by atoms with Crippen molar-refractivity contribution in [3.05, 3.63) is 18.6 Å². The van der Waals surface area contributed by atoms with E-state index in [0.29, 0.717) is 0 Å². The van der Waals surface area contributed by atoms with Crippen LogP contribution >= 0.6 is 0 Å². The van der Waals surface area contributed by atoms with E-state index >= 15 is 0 Å². The summed E-state index contributed by atoms with van der Waals surface area (Å²) in [5.41, 5.74) is 1.44. The van der Waals surface area contributed by atoms with E-state index in [0.717, 1.165) is 12.8 Å². The van der Waals surface area contributed by atoms with Crippen molar-refractivity contribution in [2.75, 3.05) is 0 Å². The summed E-state index contributed by atoms with van der Waals surface area (Å²) in [6, 6.07) is 0. The van der Waals surface area contributed by atoms with Gasteiger partial charge in [-0.05, 0) is 0 Å². The minimum absolute atomic E-state index is 0. The van der Waals surface area contributed by atoms with E-state index in [9.17, 15) is 0 Å². The molecule has 74 valence electrons. The summed E-state index contributed by atoms with van der Waals surface area (Å²) in [5, 5.41) is 0. The third-order valence-electron chi connectivity index (χ3n) is 2.04. The molecule has 0 aromatic carbocycles. The fraction of sp³-hybridized carbons (Fsp3) is 0.750. The summed E-state index contributed by atoms with van der Waals surface area (Å²) >= 11 is 0. The first-order valence-corrected chi connectivity index (χ1v) is 5.22. The van der Waals surface area contributed by atoms with E-state index in [2.05, 4.69) is 26.8 Å². The molecule has 0 N–H and O–H groups in total. The average Bonchev–Trinajstić information content (AvgIpc) is 2.11. The van der Waals surface area contributed by atoms with Crippen molar-refractivity contribution in [2.24, 2.45) is 0 Å². The van der Waals surface area contributed by atoms with E-state index in [1.165, 1.54) is 37.7 Å². The maximum atomic E-state index is 3.92. The van der Waals surface area contributed by atoms with Gasteiger partial charge in [0.15, 0.2) is 0 Å². The predicted molar refractivity (Wildman–Crippen MR) is 55.8 cm³/mol. The van der Waals surface area contributed by atoms with Crippen molar-refractivity contribution in [1.82, 2.24) is 0 Å². The van der Waals surface area contributed by atoms with Gasteiger partial charge in [0.2, 0.25) is 0 Å². The fourth-order valence-electron chi connectivity index (χ4n) is 1.13. The van der Waals surface area contributed by atoms with Crippen LogP contribution in [-0.2, 0) is 21.7 Å². The molecule has 13 heavy (non-hydrogen) atoms. The minimum atomic E-state index is 0. The van der Waals surface area contributed by atoms with Crippen LogP contribution in [0.1, 0.15) is 58.8 Å². The molecule has 0 aliphatic carbocycles. The predicted octanol–water partition coefficient (Wildman–Crippen LogP) is 4.32. The van der Waals surface area contributed by atoms with Crippen LogP contribution in [0, 0.1) is 13.0 Å². The number of allylic oxidation sites excluding steroid dienone is 2. The van der Waals surface area contributed by atoms with Crippen LogP contribution in [0.4, 0.5) is 0 Å². The Morgan fingerprint density at radius 1 is 1.15 bits per heavy atom. The van der Waals surface area contributed by atoms with E-state index in [-0.39, 0.29) is 21.7 Å². The van der Waals surface area contributed by atoms with Crippen molar-refractivity contribution in [1.29, 1.82) is 0 Å². The molecule has 0 spiro atoms. The number of hydrogen-bond acceptors (Lipinski definition) is 0. The molecule has 0 unspecified atom stereocenters. The van der Waals surface area contributed by atoms with Crippen LogP contribution in [0.2, 0.25) is 0 Å². The van der Waals surface area contributed by atoms with Crippen LogP contribution in [0.3, 0.4) is 0 Å². The van der Waals surface area contributed by atoms with Gasteiger partial charge in [-0.25, -0.2) is 0 Å². The Morgan fingerprint density at radius 2 is 1.77 bits per heavy atom. The van der Waals surface area contributed by atoms with Gasteiger partial charge in [-0.3, -0.25) is 5.57 Å². The third-order valence-corrected chi connectivity index (χ3v) is 2.04. The first-order valence-electron chi connectivity index (χ1n) is 5.22. The first kappa shape index (κ1) is 15.9. The Morgan fingerprint density at radius 3 is 2.23 bits per heavy atom. The molecule has 0 aromatic rings. The molecule has 0 aliphatic heterocycles. The number of hydrogen-bond donors (Lipinski definition) is 0. The van der Waals surface area contributed by atoms with E-state index < -0.39 is 0 Å². The van der Waals surface area contributed by atoms with E-state index in [4.69, 9.17) is 0 Å². The topological polar surface area (TPSA) is 0 Å². The monoisotopic (exact) mass is 214 g/mol. The second-order valence-corrected chi connectivity index (χ2v) is 3.24. The van der Waals surface area contributed by atoms with Gasteiger partial charge in [-0.1, -0.05) is 46.0 Å². The van der Waals surface area contributed by atoms with Crippen molar-refractivity contribution in [3.8, 4) is 0 Å². The molecule has 1 heteroatoms.